The van der Waals surface area contributed by atoms with Gasteiger partial charge in [0.1, 0.15) is 12.0 Å². The zero-order valence-electron chi connectivity index (χ0n) is 13.6. The van der Waals surface area contributed by atoms with Gasteiger partial charge >= 0.3 is 0 Å². The lowest BCUT2D eigenvalue weighted by Gasteiger charge is -2.26. The van der Waals surface area contributed by atoms with Crippen LogP contribution in [-0.4, -0.2) is 59.2 Å². The number of hydrogen-bond acceptors (Lipinski definition) is 8. The molecule has 0 spiro atoms. The first-order chi connectivity index (χ1) is 11.8. The van der Waals surface area contributed by atoms with Crippen LogP contribution in [0.1, 0.15) is 6.42 Å². The van der Waals surface area contributed by atoms with Crippen molar-refractivity contribution in [3.63, 3.8) is 0 Å². The predicted molar refractivity (Wildman–Crippen MR) is 94.3 cm³/mol. The quantitative estimate of drug-likeness (QED) is 0.654. The van der Waals surface area contributed by atoms with Gasteiger partial charge in [-0.25, -0.2) is 9.97 Å². The summed E-state index contributed by atoms with van der Waals surface area (Å²) in [4.78, 5) is 14.9. The molecule has 1 aliphatic rings. The molecule has 0 atom stereocenters. The summed E-state index contributed by atoms with van der Waals surface area (Å²) in [5.74, 6) is 1.23. The summed E-state index contributed by atoms with van der Waals surface area (Å²) in [5.41, 5.74) is 7.50. The van der Waals surface area contributed by atoms with E-state index < -0.39 is 0 Å². The molecule has 1 aliphatic heterocycles. The van der Waals surface area contributed by atoms with Gasteiger partial charge in [0, 0.05) is 25.8 Å². The second-order valence-corrected chi connectivity index (χ2v) is 5.59. The number of aromatic nitrogens is 3. The summed E-state index contributed by atoms with van der Waals surface area (Å²) in [5, 5.41) is 6.44. The number of rotatable bonds is 7. The maximum Gasteiger partial charge on any atom is 0.159 e. The highest BCUT2D eigenvalue weighted by atomic mass is 16.5. The lowest BCUT2D eigenvalue weighted by atomic mass is 10.3. The lowest BCUT2D eigenvalue weighted by molar-refractivity contribution is 0.0378. The average molecular weight is 329 g/mol. The number of pyridine rings is 1. The van der Waals surface area contributed by atoms with Crippen molar-refractivity contribution in [3.8, 4) is 0 Å². The minimum atomic E-state index is 0.507. The van der Waals surface area contributed by atoms with Crippen molar-refractivity contribution in [2.24, 2.45) is 0 Å². The molecule has 4 N–H and O–H groups in total. The molecule has 8 heteroatoms. The number of hydrogen-bond donors (Lipinski definition) is 3. The molecule has 2 aromatic rings. The highest BCUT2D eigenvalue weighted by molar-refractivity contribution is 5.77. The number of nitrogens with zero attached hydrogens (tertiary/aromatic N) is 4. The van der Waals surface area contributed by atoms with E-state index in [-0.39, 0.29) is 0 Å². The maximum atomic E-state index is 6.16. The summed E-state index contributed by atoms with van der Waals surface area (Å²) >= 11 is 0. The molecule has 1 saturated heterocycles. The summed E-state index contributed by atoms with van der Waals surface area (Å²) in [6.07, 6.45) is 5.96. The number of anilines is 4. The first-order valence-electron chi connectivity index (χ1n) is 8.14. The van der Waals surface area contributed by atoms with Crippen LogP contribution < -0.4 is 16.4 Å². The van der Waals surface area contributed by atoms with Crippen molar-refractivity contribution in [1.29, 1.82) is 0 Å². The summed E-state index contributed by atoms with van der Waals surface area (Å²) in [6, 6.07) is 3.76. The van der Waals surface area contributed by atoms with Crippen molar-refractivity contribution < 1.29 is 4.74 Å². The SMILES string of the molecule is Nc1c(NCCCN2CCOCC2)ncnc1Nc1cccnc1. The molecule has 24 heavy (non-hydrogen) atoms. The standard InChI is InChI=1S/C16H23N7O/c17-14-15(19-5-2-6-23-7-9-24-10-8-23)20-12-21-16(14)22-13-3-1-4-18-11-13/h1,3-4,11-12H,2,5-10,17H2,(H2,19,20,21,22). The van der Waals surface area contributed by atoms with Crippen molar-refractivity contribution >= 4 is 23.0 Å². The van der Waals surface area contributed by atoms with Crippen molar-refractivity contribution in [3.05, 3.63) is 30.9 Å². The average Bonchev–Trinajstić information content (AvgIpc) is 2.63. The van der Waals surface area contributed by atoms with E-state index in [9.17, 15) is 0 Å². The minimum absolute atomic E-state index is 0.507. The zero-order chi connectivity index (χ0) is 16.6. The van der Waals surface area contributed by atoms with Gasteiger partial charge in [0.05, 0.1) is 25.1 Å². The molecule has 0 unspecified atom stereocenters. The largest absolute Gasteiger partial charge is 0.393 e. The van der Waals surface area contributed by atoms with Crippen molar-refractivity contribution in [2.45, 2.75) is 6.42 Å². The van der Waals surface area contributed by atoms with Gasteiger partial charge in [0.2, 0.25) is 0 Å². The second kappa shape index (κ2) is 8.42. The Kier molecular flexibility index (Phi) is 5.75. The minimum Gasteiger partial charge on any atom is -0.393 e. The van der Waals surface area contributed by atoms with Gasteiger partial charge in [-0.05, 0) is 25.1 Å². The third-order valence-electron chi connectivity index (χ3n) is 3.86. The second-order valence-electron chi connectivity index (χ2n) is 5.59. The first-order valence-corrected chi connectivity index (χ1v) is 8.14. The Hall–Kier alpha value is -2.45. The van der Waals surface area contributed by atoms with E-state index in [1.54, 1.807) is 12.4 Å². The van der Waals surface area contributed by atoms with E-state index in [2.05, 4.69) is 30.5 Å². The van der Waals surface area contributed by atoms with Crippen LogP contribution in [0, 0.1) is 0 Å². The van der Waals surface area contributed by atoms with Crippen molar-refractivity contribution in [2.75, 3.05) is 55.8 Å². The summed E-state index contributed by atoms with van der Waals surface area (Å²) in [7, 11) is 0. The van der Waals surface area contributed by atoms with Crippen LogP contribution in [0.2, 0.25) is 0 Å². The van der Waals surface area contributed by atoms with Gasteiger partial charge in [0.25, 0.3) is 0 Å². The highest BCUT2D eigenvalue weighted by Crippen LogP contribution is 2.25. The molecule has 1 fully saturated rings. The molecule has 0 radical (unpaired) electrons. The molecule has 0 bridgehead atoms. The van der Waals surface area contributed by atoms with E-state index in [0.717, 1.165) is 51.5 Å². The van der Waals surface area contributed by atoms with Crippen LogP contribution in [0.15, 0.2) is 30.9 Å². The Bertz CT molecular complexity index is 632. The smallest absolute Gasteiger partial charge is 0.159 e. The first kappa shape index (κ1) is 16.4. The normalized spacial score (nSPS) is 15.2. The molecule has 3 heterocycles. The van der Waals surface area contributed by atoms with Crippen LogP contribution in [0.4, 0.5) is 23.0 Å². The molecule has 8 nitrogen and oxygen atoms in total. The van der Waals surface area contributed by atoms with E-state index in [0.29, 0.717) is 17.3 Å². The van der Waals surface area contributed by atoms with Crippen molar-refractivity contribution in [1.82, 2.24) is 19.9 Å². The number of nitrogen functional groups attached to an aromatic ring is 1. The number of ether oxygens (including phenoxy) is 1. The topological polar surface area (TPSA) is 101 Å². The Morgan fingerprint density at radius 3 is 2.83 bits per heavy atom. The monoisotopic (exact) mass is 329 g/mol. The molecule has 0 saturated carbocycles. The van der Waals surface area contributed by atoms with Gasteiger partial charge in [-0.1, -0.05) is 0 Å². The number of nitrogens with one attached hydrogen (secondary N) is 2. The van der Waals surface area contributed by atoms with Gasteiger partial charge in [0.15, 0.2) is 11.6 Å². The lowest BCUT2D eigenvalue weighted by Crippen LogP contribution is -2.37. The summed E-state index contributed by atoms with van der Waals surface area (Å²) < 4.78 is 5.35. The zero-order valence-corrected chi connectivity index (χ0v) is 13.6. The van der Waals surface area contributed by atoms with Crippen LogP contribution in [0.3, 0.4) is 0 Å². The fourth-order valence-corrected chi connectivity index (χ4v) is 2.54. The van der Waals surface area contributed by atoms with Gasteiger partial charge < -0.3 is 21.1 Å². The van der Waals surface area contributed by atoms with Gasteiger partial charge in [-0.2, -0.15) is 0 Å². The van der Waals surface area contributed by atoms with Crippen LogP contribution in [0.25, 0.3) is 0 Å². The van der Waals surface area contributed by atoms with Crippen LogP contribution in [-0.2, 0) is 4.74 Å². The van der Waals surface area contributed by atoms with E-state index in [1.807, 2.05) is 12.1 Å². The molecule has 0 amide bonds. The fraction of sp³-hybridized carbons (Fsp3) is 0.438. The third kappa shape index (κ3) is 4.53. The number of nitrogens with two attached hydrogens (primary N) is 1. The Labute approximate surface area is 141 Å². The van der Waals surface area contributed by atoms with E-state index in [4.69, 9.17) is 10.5 Å². The fourth-order valence-electron chi connectivity index (χ4n) is 2.54. The molecular formula is C16H23N7O. The van der Waals surface area contributed by atoms with E-state index >= 15 is 0 Å². The molecule has 2 aromatic heterocycles. The molecule has 128 valence electrons. The summed E-state index contributed by atoms with van der Waals surface area (Å²) in [6.45, 7) is 5.53. The maximum absolute atomic E-state index is 6.16. The molecule has 0 aromatic carbocycles. The Morgan fingerprint density at radius 2 is 2.04 bits per heavy atom. The predicted octanol–water partition coefficient (Wildman–Crippen LogP) is 1.33. The number of morpholine rings is 1. The highest BCUT2D eigenvalue weighted by Gasteiger charge is 2.10. The molecule has 0 aliphatic carbocycles. The van der Waals surface area contributed by atoms with Crippen LogP contribution >= 0.6 is 0 Å². The van der Waals surface area contributed by atoms with Gasteiger partial charge in [-0.15, -0.1) is 0 Å². The molecular weight excluding hydrogens is 306 g/mol. The van der Waals surface area contributed by atoms with E-state index in [1.165, 1.54) is 6.33 Å². The third-order valence-corrected chi connectivity index (χ3v) is 3.86. The Morgan fingerprint density at radius 1 is 1.21 bits per heavy atom. The van der Waals surface area contributed by atoms with Crippen LogP contribution in [0.5, 0.6) is 0 Å². The van der Waals surface area contributed by atoms with Gasteiger partial charge in [-0.3, -0.25) is 9.88 Å². The molecule has 3 rings (SSSR count). The Balaban J connectivity index is 1.51.